The molecule has 0 saturated carbocycles. The number of hydrogen-bond donors (Lipinski definition) is 2. The number of anilines is 1. The van der Waals surface area contributed by atoms with Gasteiger partial charge >= 0.3 is 0 Å². The van der Waals surface area contributed by atoms with Crippen LogP contribution in [-0.4, -0.2) is 57.2 Å². The van der Waals surface area contributed by atoms with Crippen LogP contribution in [0.4, 0.5) is 5.82 Å². The second-order valence-electron chi connectivity index (χ2n) is 6.43. The fourth-order valence-electron chi connectivity index (χ4n) is 2.98. The number of nitrogen functional groups attached to an aromatic ring is 1. The van der Waals surface area contributed by atoms with Gasteiger partial charge in [-0.05, 0) is 18.2 Å². The van der Waals surface area contributed by atoms with Crippen molar-refractivity contribution in [1.82, 2.24) is 19.9 Å². The van der Waals surface area contributed by atoms with Crippen LogP contribution in [0, 0.1) is 11.8 Å². The molecule has 0 bridgehead atoms. The molecule has 142 valence electrons. The number of hydrogen-bond acceptors (Lipinski definition) is 8. The van der Waals surface area contributed by atoms with Gasteiger partial charge in [-0.25, -0.2) is 15.0 Å². The zero-order valence-corrected chi connectivity index (χ0v) is 16.1. The van der Waals surface area contributed by atoms with Crippen molar-refractivity contribution in [3.05, 3.63) is 30.1 Å². The molecule has 1 fully saturated rings. The highest BCUT2D eigenvalue weighted by atomic mass is 32.1. The fourth-order valence-corrected chi connectivity index (χ4v) is 3.92. The molecule has 1 aliphatic rings. The number of carbonyl (C=O) groups is 1. The van der Waals surface area contributed by atoms with Gasteiger partial charge in [0.1, 0.15) is 27.4 Å². The number of amides is 1. The summed E-state index contributed by atoms with van der Waals surface area (Å²) in [5, 5.41) is 11.1. The summed E-state index contributed by atoms with van der Waals surface area (Å²) in [7, 11) is 3.22. The molecule has 2 aromatic heterocycles. The van der Waals surface area contributed by atoms with E-state index in [4.69, 9.17) is 10.5 Å². The molecule has 1 unspecified atom stereocenters. The van der Waals surface area contributed by atoms with Crippen LogP contribution in [0.25, 0.3) is 20.9 Å². The smallest absolute Gasteiger partial charge is 0.267 e. The average Bonchev–Trinajstić information content (AvgIpc) is 3.25. The lowest BCUT2D eigenvalue weighted by atomic mass is 10.0. The number of fused-ring (bicyclic) bond motifs is 1. The molecule has 0 spiro atoms. The number of carbonyl (C=O) groups excluding carboxylic acids is 1. The molecule has 1 aromatic carbocycles. The summed E-state index contributed by atoms with van der Waals surface area (Å²) in [4.78, 5) is 26.9. The van der Waals surface area contributed by atoms with E-state index >= 15 is 0 Å². The van der Waals surface area contributed by atoms with Gasteiger partial charge in [-0.1, -0.05) is 23.2 Å². The number of ether oxygens (including phenoxy) is 1. The van der Waals surface area contributed by atoms with Crippen molar-refractivity contribution in [3.63, 3.8) is 0 Å². The lowest BCUT2D eigenvalue weighted by molar-refractivity contribution is -0.137. The van der Waals surface area contributed by atoms with Crippen LogP contribution in [-0.2, 0) is 4.79 Å². The molecule has 8 nitrogen and oxygen atoms in total. The Morgan fingerprint density at radius 1 is 1.39 bits per heavy atom. The molecule has 9 heteroatoms. The first-order valence-electron chi connectivity index (χ1n) is 8.48. The van der Waals surface area contributed by atoms with Crippen LogP contribution in [0.2, 0.25) is 0 Å². The summed E-state index contributed by atoms with van der Waals surface area (Å²) in [6, 6.07) is 5.34. The molecule has 3 N–H and O–H groups in total. The topological polar surface area (TPSA) is 114 Å². The Labute approximate surface area is 165 Å². The SMILES string of the molecule is COc1ccc(C#CC2(O)CCN(C)C2=O)cc1-c1nc2c(N)ncnc2s1. The Morgan fingerprint density at radius 3 is 2.89 bits per heavy atom. The first-order valence-corrected chi connectivity index (χ1v) is 9.29. The molecular weight excluding hydrogens is 378 g/mol. The summed E-state index contributed by atoms with van der Waals surface area (Å²) in [6.45, 7) is 0.478. The van der Waals surface area contributed by atoms with Crippen LogP contribution in [0.15, 0.2) is 24.5 Å². The van der Waals surface area contributed by atoms with Crippen LogP contribution < -0.4 is 10.5 Å². The van der Waals surface area contributed by atoms with E-state index in [0.717, 1.165) is 5.56 Å². The second-order valence-corrected chi connectivity index (χ2v) is 7.41. The third-order valence-corrected chi connectivity index (χ3v) is 5.57. The Kier molecular flexibility index (Phi) is 4.37. The monoisotopic (exact) mass is 395 g/mol. The standard InChI is InChI=1S/C19H17N5O3S/c1-24-8-7-19(26,18(24)25)6-5-11-3-4-13(27-2)12(9-11)16-23-14-15(20)21-10-22-17(14)28-16/h3-4,9-10,26H,7-8H2,1-2H3,(H2,20,21,22). The molecule has 28 heavy (non-hydrogen) atoms. The van der Waals surface area contributed by atoms with E-state index in [-0.39, 0.29) is 12.3 Å². The number of aromatic nitrogens is 3. The van der Waals surface area contributed by atoms with E-state index in [1.54, 1.807) is 32.4 Å². The second kappa shape index (κ2) is 6.74. The molecule has 1 saturated heterocycles. The van der Waals surface area contributed by atoms with Gasteiger partial charge in [0.2, 0.25) is 5.60 Å². The summed E-state index contributed by atoms with van der Waals surface area (Å²) in [6.07, 6.45) is 1.68. The Hall–Kier alpha value is -3.22. The van der Waals surface area contributed by atoms with E-state index in [0.29, 0.717) is 39.0 Å². The predicted molar refractivity (Wildman–Crippen MR) is 106 cm³/mol. The van der Waals surface area contributed by atoms with Crippen molar-refractivity contribution in [2.75, 3.05) is 26.4 Å². The summed E-state index contributed by atoms with van der Waals surface area (Å²) in [5.41, 5.74) is 6.12. The number of rotatable bonds is 2. The minimum atomic E-state index is -1.64. The van der Waals surface area contributed by atoms with Crippen LogP contribution in [0.1, 0.15) is 12.0 Å². The third kappa shape index (κ3) is 3.02. The van der Waals surface area contributed by atoms with Gasteiger partial charge in [-0.15, -0.1) is 0 Å². The van der Waals surface area contributed by atoms with Crippen LogP contribution in [0.5, 0.6) is 5.75 Å². The normalized spacial score (nSPS) is 19.0. The zero-order valence-electron chi connectivity index (χ0n) is 15.3. The molecule has 1 amide bonds. The van der Waals surface area contributed by atoms with E-state index < -0.39 is 5.60 Å². The molecule has 0 aliphatic carbocycles. The quantitative estimate of drug-likeness (QED) is 0.628. The summed E-state index contributed by atoms with van der Waals surface area (Å²) >= 11 is 1.37. The number of nitrogens with two attached hydrogens (primary N) is 1. The van der Waals surface area contributed by atoms with Gasteiger partial charge in [-0.3, -0.25) is 4.79 Å². The third-order valence-electron chi connectivity index (χ3n) is 4.58. The highest BCUT2D eigenvalue weighted by Gasteiger charge is 2.42. The molecule has 3 aromatic rings. The number of likely N-dealkylation sites (tertiary alicyclic amines) is 1. The van der Waals surface area contributed by atoms with Gasteiger partial charge in [-0.2, -0.15) is 0 Å². The molecule has 1 aliphatic heterocycles. The predicted octanol–water partition coefficient (Wildman–Crippen LogP) is 1.29. The maximum Gasteiger partial charge on any atom is 0.267 e. The van der Waals surface area contributed by atoms with Crippen LogP contribution >= 0.6 is 11.3 Å². The fraction of sp³-hybridized carbons (Fsp3) is 0.263. The van der Waals surface area contributed by atoms with Crippen molar-refractivity contribution in [2.45, 2.75) is 12.0 Å². The van der Waals surface area contributed by atoms with E-state index in [2.05, 4.69) is 26.8 Å². The number of nitrogens with zero attached hydrogens (tertiary/aromatic N) is 4. The molecule has 1 atom stereocenters. The van der Waals surface area contributed by atoms with E-state index in [1.807, 2.05) is 0 Å². The van der Waals surface area contributed by atoms with Gasteiger partial charge < -0.3 is 20.5 Å². The van der Waals surface area contributed by atoms with E-state index in [9.17, 15) is 9.90 Å². The highest BCUT2D eigenvalue weighted by Crippen LogP contribution is 2.36. The van der Waals surface area contributed by atoms with Crippen molar-refractivity contribution < 1.29 is 14.6 Å². The molecule has 3 heterocycles. The van der Waals surface area contributed by atoms with Crippen molar-refractivity contribution >= 4 is 33.4 Å². The van der Waals surface area contributed by atoms with Gasteiger partial charge in [0.05, 0.1) is 12.7 Å². The lowest BCUT2D eigenvalue weighted by Crippen LogP contribution is -2.37. The first kappa shape index (κ1) is 18.2. The number of likely N-dealkylation sites (N-methyl/N-ethyl adjacent to an activating group) is 1. The maximum absolute atomic E-state index is 12.1. The Morgan fingerprint density at radius 2 is 2.21 bits per heavy atom. The van der Waals surface area contributed by atoms with Gasteiger partial charge in [0, 0.05) is 25.6 Å². The molecule has 0 radical (unpaired) electrons. The number of benzene rings is 1. The molecule has 4 rings (SSSR count). The first-order chi connectivity index (χ1) is 13.4. The van der Waals surface area contributed by atoms with Crippen molar-refractivity contribution in [1.29, 1.82) is 0 Å². The minimum Gasteiger partial charge on any atom is -0.496 e. The van der Waals surface area contributed by atoms with Crippen molar-refractivity contribution in [3.8, 4) is 28.2 Å². The largest absolute Gasteiger partial charge is 0.496 e. The number of thiazole rings is 1. The lowest BCUT2D eigenvalue weighted by Gasteiger charge is -2.13. The maximum atomic E-state index is 12.1. The zero-order chi connectivity index (χ0) is 19.9. The average molecular weight is 395 g/mol. The number of aliphatic hydroxyl groups is 1. The molecular formula is C19H17N5O3S. The number of methoxy groups -OCH3 is 1. The van der Waals surface area contributed by atoms with Crippen molar-refractivity contribution in [2.24, 2.45) is 0 Å². The Balaban J connectivity index is 1.76. The van der Waals surface area contributed by atoms with Gasteiger partial charge in [0.15, 0.2) is 5.82 Å². The van der Waals surface area contributed by atoms with E-state index in [1.165, 1.54) is 22.6 Å². The van der Waals surface area contributed by atoms with Gasteiger partial charge in [0.25, 0.3) is 5.91 Å². The Bertz CT molecular complexity index is 1150. The minimum absolute atomic E-state index is 0.286. The summed E-state index contributed by atoms with van der Waals surface area (Å²) in [5.74, 6) is 6.18. The highest BCUT2D eigenvalue weighted by molar-refractivity contribution is 7.21. The summed E-state index contributed by atoms with van der Waals surface area (Å²) < 4.78 is 5.45. The van der Waals surface area contributed by atoms with Crippen LogP contribution in [0.3, 0.4) is 0 Å².